The first-order valence-corrected chi connectivity index (χ1v) is 7.30. The van der Waals surface area contributed by atoms with E-state index in [1.807, 2.05) is 0 Å². The van der Waals surface area contributed by atoms with Crippen LogP contribution in [0, 0.1) is 5.92 Å². The maximum Gasteiger partial charge on any atom is 0.225 e. The van der Waals surface area contributed by atoms with Gasteiger partial charge >= 0.3 is 0 Å². The Morgan fingerprint density at radius 1 is 1.26 bits per heavy atom. The van der Waals surface area contributed by atoms with E-state index in [-0.39, 0.29) is 6.29 Å². The van der Waals surface area contributed by atoms with Crippen molar-refractivity contribution in [2.45, 2.75) is 25.6 Å². The Morgan fingerprint density at radius 2 is 1.84 bits per heavy atom. The van der Waals surface area contributed by atoms with Crippen LogP contribution in [0.1, 0.15) is 19.3 Å². The van der Waals surface area contributed by atoms with Crippen molar-refractivity contribution in [1.82, 2.24) is 9.97 Å². The lowest BCUT2D eigenvalue weighted by Crippen LogP contribution is -2.36. The second-order valence-electron chi connectivity index (χ2n) is 4.77. The molecule has 0 saturated carbocycles. The van der Waals surface area contributed by atoms with Crippen LogP contribution in [0.4, 0.5) is 5.95 Å². The third kappa shape index (κ3) is 4.12. The van der Waals surface area contributed by atoms with Crippen molar-refractivity contribution in [3.63, 3.8) is 0 Å². The Labute approximate surface area is 122 Å². The molecule has 0 aliphatic carbocycles. The zero-order chi connectivity index (χ0) is 13.7. The molecule has 5 nitrogen and oxygen atoms in total. The van der Waals surface area contributed by atoms with Crippen molar-refractivity contribution >= 4 is 21.9 Å². The van der Waals surface area contributed by atoms with Gasteiger partial charge in [0.2, 0.25) is 5.95 Å². The van der Waals surface area contributed by atoms with Crippen LogP contribution in [-0.2, 0) is 9.47 Å². The second-order valence-corrected chi connectivity index (χ2v) is 5.68. The van der Waals surface area contributed by atoms with Crippen molar-refractivity contribution in [3.8, 4) is 0 Å². The van der Waals surface area contributed by atoms with E-state index in [1.165, 1.54) is 0 Å². The normalized spacial score (nSPS) is 17.2. The summed E-state index contributed by atoms with van der Waals surface area (Å²) in [5.41, 5.74) is 0. The van der Waals surface area contributed by atoms with Crippen LogP contribution in [0.2, 0.25) is 0 Å². The van der Waals surface area contributed by atoms with Crippen molar-refractivity contribution < 1.29 is 9.47 Å². The average molecular weight is 330 g/mol. The van der Waals surface area contributed by atoms with Gasteiger partial charge in [0, 0.05) is 46.1 Å². The predicted octanol–water partition coefficient (Wildman–Crippen LogP) is 2.46. The minimum atomic E-state index is -0.0829. The van der Waals surface area contributed by atoms with Gasteiger partial charge in [-0.2, -0.15) is 0 Å². The molecule has 106 valence electrons. The summed E-state index contributed by atoms with van der Waals surface area (Å²) in [5, 5.41) is 0. The summed E-state index contributed by atoms with van der Waals surface area (Å²) in [4.78, 5) is 10.9. The first-order chi connectivity index (χ1) is 9.22. The summed E-state index contributed by atoms with van der Waals surface area (Å²) in [6.45, 7) is 1.99. The Morgan fingerprint density at radius 3 is 2.37 bits per heavy atom. The molecular weight excluding hydrogens is 310 g/mol. The van der Waals surface area contributed by atoms with Crippen LogP contribution in [-0.4, -0.2) is 43.6 Å². The summed E-state index contributed by atoms with van der Waals surface area (Å²) < 4.78 is 11.4. The minimum Gasteiger partial charge on any atom is -0.356 e. The summed E-state index contributed by atoms with van der Waals surface area (Å²) in [6, 6.07) is 0. The van der Waals surface area contributed by atoms with Gasteiger partial charge in [-0.25, -0.2) is 9.97 Å². The number of methoxy groups -OCH3 is 2. The second kappa shape index (κ2) is 7.17. The molecule has 0 N–H and O–H groups in total. The lowest BCUT2D eigenvalue weighted by molar-refractivity contribution is -0.115. The van der Waals surface area contributed by atoms with Gasteiger partial charge in [-0.05, 0) is 34.7 Å². The van der Waals surface area contributed by atoms with Crippen LogP contribution < -0.4 is 4.90 Å². The average Bonchev–Trinajstić information content (AvgIpc) is 2.46. The molecule has 6 heteroatoms. The zero-order valence-corrected chi connectivity index (χ0v) is 13.0. The number of hydrogen-bond donors (Lipinski definition) is 0. The summed E-state index contributed by atoms with van der Waals surface area (Å²) in [6.07, 6.45) is 6.72. The molecule has 1 aliphatic heterocycles. The monoisotopic (exact) mass is 329 g/mol. The maximum atomic E-state index is 5.26. The molecule has 0 unspecified atom stereocenters. The van der Waals surface area contributed by atoms with Crippen LogP contribution in [0.15, 0.2) is 16.9 Å². The molecule has 0 spiro atoms. The van der Waals surface area contributed by atoms with Crippen molar-refractivity contribution in [1.29, 1.82) is 0 Å². The fourth-order valence-electron chi connectivity index (χ4n) is 2.40. The molecule has 0 aromatic carbocycles. The number of anilines is 1. The molecule has 1 saturated heterocycles. The molecule has 19 heavy (non-hydrogen) atoms. The van der Waals surface area contributed by atoms with Crippen molar-refractivity contribution in [2.24, 2.45) is 5.92 Å². The molecule has 1 fully saturated rings. The van der Waals surface area contributed by atoms with E-state index in [0.29, 0.717) is 5.92 Å². The Balaban J connectivity index is 1.83. The number of hydrogen-bond acceptors (Lipinski definition) is 5. The Bertz CT molecular complexity index is 376. The highest BCUT2D eigenvalue weighted by atomic mass is 79.9. The predicted molar refractivity (Wildman–Crippen MR) is 77.1 cm³/mol. The van der Waals surface area contributed by atoms with Gasteiger partial charge < -0.3 is 14.4 Å². The largest absolute Gasteiger partial charge is 0.356 e. The Kier molecular flexibility index (Phi) is 5.54. The van der Waals surface area contributed by atoms with Gasteiger partial charge in [0.1, 0.15) is 0 Å². The third-order valence-corrected chi connectivity index (χ3v) is 3.97. The summed E-state index contributed by atoms with van der Waals surface area (Å²) >= 11 is 3.35. The summed E-state index contributed by atoms with van der Waals surface area (Å²) in [5.74, 6) is 1.47. The van der Waals surface area contributed by atoms with E-state index in [2.05, 4.69) is 30.8 Å². The minimum absolute atomic E-state index is 0.0829. The molecule has 0 bridgehead atoms. The first kappa shape index (κ1) is 14.7. The number of aromatic nitrogens is 2. The van der Waals surface area contributed by atoms with Gasteiger partial charge in [0.05, 0.1) is 4.47 Å². The number of nitrogens with zero attached hydrogens (tertiary/aromatic N) is 3. The highest BCUT2D eigenvalue weighted by Gasteiger charge is 2.23. The number of rotatable bonds is 5. The molecule has 1 aromatic rings. The standard InChI is InChI=1S/C13H20BrN3O2/c1-18-12(19-2)7-10-3-5-17(6-4-10)13-15-8-11(14)9-16-13/h8-10,12H,3-7H2,1-2H3. The molecule has 1 aromatic heterocycles. The highest BCUT2D eigenvalue weighted by Crippen LogP contribution is 2.25. The van der Waals surface area contributed by atoms with Gasteiger partial charge in [-0.15, -0.1) is 0 Å². The molecule has 0 radical (unpaired) electrons. The van der Waals surface area contributed by atoms with E-state index in [0.717, 1.165) is 42.8 Å². The number of halogens is 1. The molecule has 0 atom stereocenters. The molecule has 0 amide bonds. The third-order valence-electron chi connectivity index (χ3n) is 3.56. The van der Waals surface area contributed by atoms with E-state index in [1.54, 1.807) is 26.6 Å². The zero-order valence-electron chi connectivity index (χ0n) is 11.4. The molecule has 2 heterocycles. The van der Waals surface area contributed by atoms with Gasteiger partial charge in [0.25, 0.3) is 0 Å². The SMILES string of the molecule is COC(CC1CCN(c2ncc(Br)cn2)CC1)OC. The first-order valence-electron chi connectivity index (χ1n) is 6.51. The molecule has 2 rings (SSSR count). The molecular formula is C13H20BrN3O2. The van der Waals surface area contributed by atoms with E-state index >= 15 is 0 Å². The highest BCUT2D eigenvalue weighted by molar-refractivity contribution is 9.10. The van der Waals surface area contributed by atoms with Crippen LogP contribution in [0.5, 0.6) is 0 Å². The van der Waals surface area contributed by atoms with E-state index < -0.39 is 0 Å². The number of piperidine rings is 1. The maximum absolute atomic E-state index is 5.26. The van der Waals surface area contributed by atoms with Gasteiger partial charge in [-0.1, -0.05) is 0 Å². The van der Waals surface area contributed by atoms with Crippen LogP contribution in [0.3, 0.4) is 0 Å². The smallest absolute Gasteiger partial charge is 0.225 e. The lowest BCUT2D eigenvalue weighted by Gasteiger charge is -2.33. The molecule has 1 aliphatic rings. The van der Waals surface area contributed by atoms with E-state index in [4.69, 9.17) is 9.47 Å². The van der Waals surface area contributed by atoms with Crippen LogP contribution in [0.25, 0.3) is 0 Å². The summed E-state index contributed by atoms with van der Waals surface area (Å²) in [7, 11) is 3.39. The fraction of sp³-hybridized carbons (Fsp3) is 0.692. The quantitative estimate of drug-likeness (QED) is 0.776. The van der Waals surface area contributed by atoms with Gasteiger partial charge in [-0.3, -0.25) is 0 Å². The van der Waals surface area contributed by atoms with Gasteiger partial charge in [0.15, 0.2) is 6.29 Å². The number of ether oxygens (including phenoxy) is 2. The Hall–Kier alpha value is -0.720. The lowest BCUT2D eigenvalue weighted by atomic mass is 9.93. The van der Waals surface area contributed by atoms with Crippen molar-refractivity contribution in [3.05, 3.63) is 16.9 Å². The fourth-order valence-corrected chi connectivity index (χ4v) is 2.60. The van der Waals surface area contributed by atoms with E-state index in [9.17, 15) is 0 Å². The topological polar surface area (TPSA) is 47.5 Å². The van der Waals surface area contributed by atoms with Crippen LogP contribution >= 0.6 is 15.9 Å². The van der Waals surface area contributed by atoms with Crippen molar-refractivity contribution in [2.75, 3.05) is 32.2 Å².